The second-order valence-electron chi connectivity index (χ2n) is 7.80. The van der Waals surface area contributed by atoms with E-state index in [1.165, 1.54) is 0 Å². The van der Waals surface area contributed by atoms with Crippen molar-refractivity contribution >= 4 is 23.4 Å². The number of likely N-dealkylation sites (tertiary alicyclic amines) is 1. The lowest BCUT2D eigenvalue weighted by molar-refractivity contribution is -0.142. The minimum absolute atomic E-state index is 0.118. The van der Waals surface area contributed by atoms with E-state index in [0.717, 1.165) is 4.90 Å². The van der Waals surface area contributed by atoms with Crippen LogP contribution in [0.15, 0.2) is 12.1 Å². The molecule has 0 spiro atoms. The van der Waals surface area contributed by atoms with Gasteiger partial charge in [-0.05, 0) is 45.7 Å². The van der Waals surface area contributed by atoms with Crippen LogP contribution in [0.2, 0.25) is 0 Å². The molecule has 1 aliphatic heterocycles. The lowest BCUT2D eigenvalue weighted by Gasteiger charge is -2.28. The first-order chi connectivity index (χ1) is 13.5. The fourth-order valence-electron chi connectivity index (χ4n) is 2.95. The van der Waals surface area contributed by atoms with E-state index in [-0.39, 0.29) is 19.0 Å². The van der Waals surface area contributed by atoms with E-state index in [1.54, 1.807) is 20.8 Å². The summed E-state index contributed by atoms with van der Waals surface area (Å²) in [6, 6.07) is -0.911. The number of benzene rings is 1. The summed E-state index contributed by atoms with van der Waals surface area (Å²) in [5.41, 5.74) is -0.675. The fraction of sp³-hybridized carbons (Fsp3) is 0.556. The van der Waals surface area contributed by atoms with E-state index >= 15 is 0 Å². The van der Waals surface area contributed by atoms with Crippen molar-refractivity contribution in [3.05, 3.63) is 23.3 Å². The molecule has 1 atom stereocenters. The van der Waals surface area contributed by atoms with Crippen LogP contribution < -0.4 is 11.1 Å². The Morgan fingerprint density at radius 1 is 1.10 bits per heavy atom. The van der Waals surface area contributed by atoms with Gasteiger partial charge in [0.15, 0.2) is 0 Å². The molecule has 2 rings (SSSR count). The number of carbonyl (C=O) groups is 2. The number of nitrogens with zero attached hydrogens (tertiary/aromatic N) is 1. The quantitative estimate of drug-likeness (QED) is 0.517. The molecule has 0 aliphatic carbocycles. The molecular weight excluding hydrogens is 420 g/mol. The predicted octanol–water partition coefficient (Wildman–Crippen LogP) is 4.64. The minimum atomic E-state index is -5.17. The number of alkyl halides is 6. The number of carbonyl (C=O) groups excluding carboxylic acids is 2. The molecule has 1 unspecified atom stereocenters. The SMILES string of the molecule is CC(C)(C)OC(=O)N1CCCC1C(=O)Nc1cc(C(F)(F)F)cc(C(F)(F)F)c1N. The average Bonchev–Trinajstić information content (AvgIpc) is 3.02. The molecule has 1 heterocycles. The second kappa shape index (κ2) is 7.88. The van der Waals surface area contributed by atoms with E-state index in [9.17, 15) is 35.9 Å². The largest absolute Gasteiger partial charge is 0.444 e. The van der Waals surface area contributed by atoms with Crippen LogP contribution in [-0.4, -0.2) is 35.1 Å². The summed E-state index contributed by atoms with van der Waals surface area (Å²) < 4.78 is 83.7. The predicted molar refractivity (Wildman–Crippen MR) is 95.5 cm³/mol. The number of amides is 2. The summed E-state index contributed by atoms with van der Waals surface area (Å²) in [5.74, 6) is -0.961. The average molecular weight is 441 g/mol. The van der Waals surface area contributed by atoms with E-state index in [0.29, 0.717) is 12.5 Å². The molecule has 1 aliphatic rings. The number of nitrogen functional groups attached to an aromatic ring is 1. The molecular formula is C18H21F6N3O3. The first-order valence-electron chi connectivity index (χ1n) is 8.89. The van der Waals surface area contributed by atoms with Crippen LogP contribution in [0.5, 0.6) is 0 Å². The van der Waals surface area contributed by atoms with Crippen molar-refractivity contribution in [2.75, 3.05) is 17.6 Å². The highest BCUT2D eigenvalue weighted by molar-refractivity contribution is 5.99. The lowest BCUT2D eigenvalue weighted by atomic mass is 10.0. The van der Waals surface area contributed by atoms with Gasteiger partial charge in [0.1, 0.15) is 11.6 Å². The van der Waals surface area contributed by atoms with Gasteiger partial charge in [-0.25, -0.2) is 4.79 Å². The third-order valence-corrected chi connectivity index (χ3v) is 4.25. The number of halogens is 6. The summed E-state index contributed by atoms with van der Waals surface area (Å²) in [6.45, 7) is 4.98. The van der Waals surface area contributed by atoms with Crippen molar-refractivity contribution in [3.63, 3.8) is 0 Å². The Kier molecular flexibility index (Phi) is 6.20. The molecule has 30 heavy (non-hydrogen) atoms. The van der Waals surface area contributed by atoms with E-state index in [4.69, 9.17) is 10.5 Å². The molecule has 1 fully saturated rings. The Morgan fingerprint density at radius 2 is 1.70 bits per heavy atom. The van der Waals surface area contributed by atoms with E-state index in [2.05, 4.69) is 0 Å². The third kappa shape index (κ3) is 5.48. The van der Waals surface area contributed by atoms with Crippen molar-refractivity contribution in [1.29, 1.82) is 0 Å². The van der Waals surface area contributed by atoms with Gasteiger partial charge < -0.3 is 15.8 Å². The number of anilines is 2. The van der Waals surface area contributed by atoms with Crippen LogP contribution in [0.4, 0.5) is 42.5 Å². The van der Waals surface area contributed by atoms with Crippen molar-refractivity contribution in [2.45, 2.75) is 57.6 Å². The van der Waals surface area contributed by atoms with Crippen molar-refractivity contribution < 1.29 is 40.7 Å². The summed E-state index contributed by atoms with van der Waals surface area (Å²) in [7, 11) is 0. The van der Waals surface area contributed by atoms with E-state index < -0.39 is 58.5 Å². The molecule has 1 saturated heterocycles. The number of hydrogen-bond donors (Lipinski definition) is 2. The van der Waals surface area contributed by atoms with Crippen LogP contribution in [-0.2, 0) is 21.9 Å². The molecule has 1 aromatic carbocycles. The Hall–Kier alpha value is -2.66. The lowest BCUT2D eigenvalue weighted by Crippen LogP contribution is -2.45. The van der Waals surface area contributed by atoms with Gasteiger partial charge in [0.05, 0.1) is 22.5 Å². The summed E-state index contributed by atoms with van der Waals surface area (Å²) >= 11 is 0. The number of nitrogens with one attached hydrogen (secondary N) is 1. The number of rotatable bonds is 2. The molecule has 0 saturated carbocycles. The van der Waals surface area contributed by atoms with Crippen molar-refractivity contribution in [3.8, 4) is 0 Å². The molecule has 2 amide bonds. The Morgan fingerprint density at radius 3 is 2.20 bits per heavy atom. The minimum Gasteiger partial charge on any atom is -0.444 e. The normalized spacial score (nSPS) is 17.8. The maximum atomic E-state index is 13.1. The molecule has 168 valence electrons. The van der Waals surface area contributed by atoms with E-state index in [1.807, 2.05) is 5.32 Å². The fourth-order valence-corrected chi connectivity index (χ4v) is 2.95. The van der Waals surface area contributed by atoms with Crippen LogP contribution in [0, 0.1) is 0 Å². The molecule has 0 radical (unpaired) electrons. The molecule has 0 aromatic heterocycles. The number of hydrogen-bond acceptors (Lipinski definition) is 4. The van der Waals surface area contributed by atoms with Crippen LogP contribution >= 0.6 is 0 Å². The van der Waals surface area contributed by atoms with Crippen LogP contribution in [0.3, 0.4) is 0 Å². The van der Waals surface area contributed by atoms with Crippen LogP contribution in [0.25, 0.3) is 0 Å². The monoisotopic (exact) mass is 441 g/mol. The Balaban J connectivity index is 2.34. The first-order valence-corrected chi connectivity index (χ1v) is 8.89. The molecule has 6 nitrogen and oxygen atoms in total. The maximum Gasteiger partial charge on any atom is 0.418 e. The van der Waals surface area contributed by atoms with Gasteiger partial charge in [-0.3, -0.25) is 9.69 Å². The zero-order valence-electron chi connectivity index (χ0n) is 16.4. The second-order valence-corrected chi connectivity index (χ2v) is 7.80. The maximum absolute atomic E-state index is 13.1. The zero-order valence-corrected chi connectivity index (χ0v) is 16.4. The number of ether oxygens (including phenoxy) is 1. The molecule has 12 heteroatoms. The summed E-state index contributed by atoms with van der Waals surface area (Å²) in [4.78, 5) is 25.9. The van der Waals surface area contributed by atoms with Crippen molar-refractivity contribution in [1.82, 2.24) is 4.90 Å². The van der Waals surface area contributed by atoms with Gasteiger partial charge in [0.25, 0.3) is 0 Å². The van der Waals surface area contributed by atoms with Gasteiger partial charge in [-0.15, -0.1) is 0 Å². The summed E-state index contributed by atoms with van der Waals surface area (Å²) in [6.07, 6.45) is -10.5. The highest BCUT2D eigenvalue weighted by atomic mass is 19.4. The first kappa shape index (κ1) is 23.6. The Bertz CT molecular complexity index is 830. The molecule has 0 bridgehead atoms. The molecule has 3 N–H and O–H groups in total. The molecule has 1 aromatic rings. The Labute approximate surface area is 168 Å². The topological polar surface area (TPSA) is 84.7 Å². The smallest absolute Gasteiger partial charge is 0.418 e. The van der Waals surface area contributed by atoms with Gasteiger partial charge in [-0.2, -0.15) is 26.3 Å². The highest BCUT2D eigenvalue weighted by Gasteiger charge is 2.41. The van der Waals surface area contributed by atoms with Gasteiger partial charge >= 0.3 is 18.4 Å². The van der Waals surface area contributed by atoms with Gasteiger partial charge in [-0.1, -0.05) is 0 Å². The summed E-state index contributed by atoms with van der Waals surface area (Å²) in [5, 5.41) is 2.01. The number of nitrogens with two attached hydrogens (primary N) is 1. The zero-order chi connectivity index (χ0) is 23.1. The van der Waals surface area contributed by atoms with Gasteiger partial charge in [0, 0.05) is 6.54 Å². The highest BCUT2D eigenvalue weighted by Crippen LogP contribution is 2.42. The third-order valence-electron chi connectivity index (χ3n) is 4.25. The standard InChI is InChI=1S/C18H21F6N3O3/c1-16(2,3)30-15(29)27-6-4-5-12(27)14(28)26-11-8-9(17(19,20)21)7-10(13(11)25)18(22,23)24/h7-8,12H,4-6,25H2,1-3H3,(H,26,28). The van der Waals surface area contributed by atoms with Crippen molar-refractivity contribution in [2.24, 2.45) is 0 Å². The van der Waals surface area contributed by atoms with Gasteiger partial charge in [0.2, 0.25) is 5.91 Å². The van der Waals surface area contributed by atoms with Crippen LogP contribution in [0.1, 0.15) is 44.7 Å².